The predicted octanol–water partition coefficient (Wildman–Crippen LogP) is 3.34. The van der Waals surface area contributed by atoms with Crippen LogP contribution in [0.3, 0.4) is 0 Å². The highest BCUT2D eigenvalue weighted by molar-refractivity contribution is 7.90. The van der Waals surface area contributed by atoms with Gasteiger partial charge in [0.15, 0.2) is 9.84 Å². The Balaban J connectivity index is 0.00000364. The van der Waals surface area contributed by atoms with Crippen LogP contribution in [-0.4, -0.2) is 32.9 Å². The monoisotopic (exact) mass is 432 g/mol. The number of carbonyl (C=O) groups excluding carboxylic acids is 1. The van der Waals surface area contributed by atoms with Gasteiger partial charge in [-0.2, -0.15) is 0 Å². The molecule has 0 aliphatic rings. The van der Waals surface area contributed by atoms with E-state index in [0.717, 1.165) is 11.8 Å². The Morgan fingerprint density at radius 2 is 1.93 bits per heavy atom. The zero-order valence-electron chi connectivity index (χ0n) is 14.8. The molecule has 0 heterocycles. The van der Waals surface area contributed by atoms with Gasteiger partial charge >= 0.3 is 0 Å². The minimum Gasteiger partial charge on any atom is -0.490 e. The third-order valence-corrected chi connectivity index (χ3v) is 4.75. The maximum atomic E-state index is 12.2. The van der Waals surface area contributed by atoms with Crippen LogP contribution in [0.15, 0.2) is 42.5 Å². The fourth-order valence-corrected chi connectivity index (χ4v) is 2.81. The van der Waals surface area contributed by atoms with E-state index in [1.807, 2.05) is 18.2 Å². The van der Waals surface area contributed by atoms with Crippen LogP contribution in [0.5, 0.6) is 5.75 Å². The molecule has 2 rings (SSSR count). The molecule has 0 bridgehead atoms. The number of rotatable bonds is 8. The Morgan fingerprint density at radius 3 is 2.59 bits per heavy atom. The smallest absolute Gasteiger partial charge is 0.224 e. The summed E-state index contributed by atoms with van der Waals surface area (Å²) in [6.45, 7) is -0.0100. The molecule has 1 amide bonds. The number of halogens is 2. The van der Waals surface area contributed by atoms with Crippen LogP contribution >= 0.6 is 24.0 Å². The second kappa shape index (κ2) is 10.4. The SMILES string of the molecule is CS(=O)(=O)CCOc1ccc(Cl)cc1NC(=O)CCc1ccccc1N.Cl. The lowest BCUT2D eigenvalue weighted by Crippen LogP contribution is -2.16. The minimum atomic E-state index is -3.13. The molecule has 0 spiro atoms. The van der Waals surface area contributed by atoms with Crippen LogP contribution in [0, 0.1) is 0 Å². The Morgan fingerprint density at radius 1 is 1.22 bits per heavy atom. The summed E-state index contributed by atoms with van der Waals surface area (Å²) >= 11 is 5.98. The summed E-state index contributed by atoms with van der Waals surface area (Å²) in [7, 11) is -3.13. The summed E-state index contributed by atoms with van der Waals surface area (Å²) in [5, 5.41) is 3.18. The molecule has 2 aromatic rings. The highest BCUT2D eigenvalue weighted by Crippen LogP contribution is 2.28. The quantitative estimate of drug-likeness (QED) is 0.623. The molecule has 0 unspecified atom stereocenters. The maximum absolute atomic E-state index is 12.2. The van der Waals surface area contributed by atoms with Gasteiger partial charge in [0.05, 0.1) is 11.4 Å². The summed E-state index contributed by atoms with van der Waals surface area (Å²) in [5.74, 6) is 0.0325. The van der Waals surface area contributed by atoms with Crippen LogP contribution in [0.2, 0.25) is 5.02 Å². The Kier molecular flexibility index (Phi) is 8.88. The summed E-state index contributed by atoms with van der Waals surface area (Å²) in [6, 6.07) is 12.1. The van der Waals surface area contributed by atoms with Gasteiger partial charge in [0, 0.05) is 23.4 Å². The Hall–Kier alpha value is -1.96. The zero-order chi connectivity index (χ0) is 19.2. The number of benzene rings is 2. The number of aryl methyl sites for hydroxylation is 1. The lowest BCUT2D eigenvalue weighted by atomic mass is 10.1. The molecule has 148 valence electrons. The van der Waals surface area contributed by atoms with Gasteiger partial charge < -0.3 is 15.8 Å². The Labute approximate surface area is 170 Å². The van der Waals surface area contributed by atoms with E-state index >= 15 is 0 Å². The fraction of sp³-hybridized carbons (Fsp3) is 0.278. The number of anilines is 2. The van der Waals surface area contributed by atoms with E-state index in [-0.39, 0.29) is 37.1 Å². The number of amides is 1. The van der Waals surface area contributed by atoms with Crippen molar-refractivity contribution < 1.29 is 17.9 Å². The number of nitrogens with two attached hydrogens (primary N) is 1. The summed E-state index contributed by atoms with van der Waals surface area (Å²) < 4.78 is 27.9. The van der Waals surface area contributed by atoms with Crippen molar-refractivity contribution in [3.63, 3.8) is 0 Å². The van der Waals surface area contributed by atoms with Gasteiger partial charge in [0.25, 0.3) is 0 Å². The number of hydrogen-bond acceptors (Lipinski definition) is 5. The average Bonchev–Trinajstić information content (AvgIpc) is 2.55. The number of para-hydroxylation sites is 1. The number of sulfone groups is 1. The van der Waals surface area contributed by atoms with E-state index in [1.54, 1.807) is 24.3 Å². The van der Waals surface area contributed by atoms with Crippen molar-refractivity contribution in [3.05, 3.63) is 53.1 Å². The second-order valence-corrected chi connectivity index (χ2v) is 8.56. The molecule has 0 fully saturated rings. The predicted molar refractivity (Wildman–Crippen MR) is 112 cm³/mol. The minimum absolute atomic E-state index is 0. The zero-order valence-corrected chi connectivity index (χ0v) is 17.2. The first-order chi connectivity index (χ1) is 12.2. The number of nitrogen functional groups attached to an aromatic ring is 1. The summed E-state index contributed by atoms with van der Waals surface area (Å²) in [4.78, 5) is 12.2. The van der Waals surface area contributed by atoms with Gasteiger partial charge in [0.2, 0.25) is 5.91 Å². The van der Waals surface area contributed by atoms with E-state index in [1.165, 1.54) is 0 Å². The molecule has 0 atom stereocenters. The van der Waals surface area contributed by atoms with Crippen LogP contribution in [0.25, 0.3) is 0 Å². The molecule has 0 aliphatic carbocycles. The normalized spacial score (nSPS) is 10.7. The first-order valence-corrected chi connectivity index (χ1v) is 10.4. The largest absolute Gasteiger partial charge is 0.490 e. The molecule has 2 aromatic carbocycles. The number of ether oxygens (including phenoxy) is 1. The third kappa shape index (κ3) is 8.07. The van der Waals surface area contributed by atoms with Gasteiger partial charge in [-0.15, -0.1) is 12.4 Å². The van der Waals surface area contributed by atoms with Crippen molar-refractivity contribution in [1.82, 2.24) is 0 Å². The van der Waals surface area contributed by atoms with Gasteiger partial charge in [-0.3, -0.25) is 4.79 Å². The molecular formula is C18H22Cl2N2O4S. The molecule has 0 saturated heterocycles. The topological polar surface area (TPSA) is 98.5 Å². The van der Waals surface area contributed by atoms with Crippen molar-refractivity contribution in [3.8, 4) is 5.75 Å². The standard InChI is InChI=1S/C18H21ClN2O4S.ClH/c1-26(23,24)11-10-25-17-8-7-14(19)12-16(17)21-18(22)9-6-13-4-2-3-5-15(13)20;/h2-5,7-8,12H,6,9-11,20H2,1H3,(H,21,22);1H. The molecule has 0 radical (unpaired) electrons. The van der Waals surface area contributed by atoms with E-state index in [9.17, 15) is 13.2 Å². The maximum Gasteiger partial charge on any atom is 0.224 e. The molecule has 6 nitrogen and oxygen atoms in total. The molecule has 0 aromatic heterocycles. The average molecular weight is 433 g/mol. The van der Waals surface area contributed by atoms with Crippen molar-refractivity contribution in [1.29, 1.82) is 0 Å². The second-order valence-electron chi connectivity index (χ2n) is 5.87. The van der Waals surface area contributed by atoms with Gasteiger partial charge in [-0.25, -0.2) is 8.42 Å². The fourth-order valence-electron chi connectivity index (χ4n) is 2.25. The molecule has 0 saturated carbocycles. The first-order valence-electron chi connectivity index (χ1n) is 7.98. The van der Waals surface area contributed by atoms with Crippen LogP contribution in [-0.2, 0) is 21.1 Å². The van der Waals surface area contributed by atoms with Crippen LogP contribution < -0.4 is 15.8 Å². The van der Waals surface area contributed by atoms with Gasteiger partial charge in [0.1, 0.15) is 12.4 Å². The van der Waals surface area contributed by atoms with Gasteiger partial charge in [-0.05, 0) is 36.2 Å². The summed E-state index contributed by atoms with van der Waals surface area (Å²) in [6.07, 6.45) is 1.88. The summed E-state index contributed by atoms with van der Waals surface area (Å²) in [5.41, 5.74) is 7.82. The van der Waals surface area contributed by atoms with Crippen molar-refractivity contribution in [2.75, 3.05) is 29.7 Å². The van der Waals surface area contributed by atoms with E-state index < -0.39 is 9.84 Å². The number of nitrogens with one attached hydrogen (secondary N) is 1. The van der Waals surface area contributed by atoms with Crippen molar-refractivity contribution in [2.24, 2.45) is 0 Å². The van der Waals surface area contributed by atoms with E-state index in [2.05, 4.69) is 5.32 Å². The lowest BCUT2D eigenvalue weighted by Gasteiger charge is -2.13. The van der Waals surface area contributed by atoms with Crippen LogP contribution in [0.1, 0.15) is 12.0 Å². The number of carbonyl (C=O) groups is 1. The molecule has 9 heteroatoms. The van der Waals surface area contributed by atoms with E-state index in [0.29, 0.717) is 28.6 Å². The lowest BCUT2D eigenvalue weighted by molar-refractivity contribution is -0.116. The molecule has 3 N–H and O–H groups in total. The highest BCUT2D eigenvalue weighted by atomic mass is 35.5. The molecule has 0 aliphatic heterocycles. The molecular weight excluding hydrogens is 411 g/mol. The van der Waals surface area contributed by atoms with Crippen molar-refractivity contribution in [2.45, 2.75) is 12.8 Å². The highest BCUT2D eigenvalue weighted by Gasteiger charge is 2.11. The third-order valence-electron chi connectivity index (χ3n) is 3.60. The molecule has 27 heavy (non-hydrogen) atoms. The number of hydrogen-bond donors (Lipinski definition) is 2. The van der Waals surface area contributed by atoms with Crippen molar-refractivity contribution >= 4 is 51.1 Å². The Bertz CT molecular complexity index is 889. The first kappa shape index (κ1) is 23.1. The van der Waals surface area contributed by atoms with E-state index in [4.69, 9.17) is 22.1 Å². The van der Waals surface area contributed by atoms with Crippen LogP contribution in [0.4, 0.5) is 11.4 Å². The van der Waals surface area contributed by atoms with Gasteiger partial charge in [-0.1, -0.05) is 29.8 Å².